The van der Waals surface area contributed by atoms with E-state index in [4.69, 9.17) is 24.7 Å². The van der Waals surface area contributed by atoms with Crippen molar-refractivity contribution in [3.63, 3.8) is 0 Å². The number of hydrogen-bond acceptors (Lipinski definition) is 5. The topological polar surface area (TPSA) is 79.7 Å². The largest absolute Gasteiger partial charge is 0.501 e. The molecule has 0 aliphatic carbocycles. The van der Waals surface area contributed by atoms with E-state index in [-0.39, 0.29) is 6.73 Å². The molecule has 12 heavy (non-hydrogen) atoms. The van der Waals surface area contributed by atoms with Gasteiger partial charge in [-0.1, -0.05) is 0 Å². The Kier molecular flexibility index (Phi) is 6.53. The summed E-state index contributed by atoms with van der Waals surface area (Å²) in [6.45, 7) is 0.730. The van der Waals surface area contributed by atoms with Crippen molar-refractivity contribution in [1.82, 2.24) is 0 Å². The summed E-state index contributed by atoms with van der Waals surface area (Å²) in [5.41, 5.74) is 10.6. The maximum atomic E-state index is 5.37. The second-order valence-electron chi connectivity index (χ2n) is 2.29. The van der Waals surface area contributed by atoms with E-state index in [1.54, 1.807) is 14.2 Å². The fourth-order valence-electron chi connectivity index (χ4n) is 0.923. The van der Waals surface area contributed by atoms with Crippen LogP contribution in [0.5, 0.6) is 0 Å². The van der Waals surface area contributed by atoms with Crippen molar-refractivity contribution >= 4 is 8.80 Å². The van der Waals surface area contributed by atoms with Gasteiger partial charge in [0.05, 0.1) is 6.73 Å². The average Bonchev–Trinajstić information content (AvgIpc) is 2.13. The van der Waals surface area contributed by atoms with Crippen LogP contribution >= 0.6 is 0 Å². The van der Waals surface area contributed by atoms with Crippen LogP contribution in [0.25, 0.3) is 0 Å². The normalized spacial score (nSPS) is 12.0. The summed E-state index contributed by atoms with van der Waals surface area (Å²) in [5.74, 6) is 0. The molecule has 0 unspecified atom stereocenters. The first-order valence-corrected chi connectivity index (χ1v) is 5.82. The molecule has 74 valence electrons. The van der Waals surface area contributed by atoms with E-state index in [0.29, 0.717) is 12.6 Å². The summed E-state index contributed by atoms with van der Waals surface area (Å²) < 4.78 is 15.6. The quantitative estimate of drug-likeness (QED) is 0.422. The molecule has 0 rings (SSSR count). The Morgan fingerprint density at radius 1 is 1.17 bits per heavy atom. The molecule has 0 fully saturated rings. The highest BCUT2D eigenvalue weighted by Crippen LogP contribution is 2.14. The molecule has 0 aliphatic heterocycles. The van der Waals surface area contributed by atoms with Gasteiger partial charge in [-0.2, -0.15) is 0 Å². The van der Waals surface area contributed by atoms with Crippen LogP contribution in [0.4, 0.5) is 0 Å². The fraction of sp³-hybridized carbons (Fsp3) is 1.00. The zero-order valence-electron chi connectivity index (χ0n) is 7.71. The first kappa shape index (κ1) is 12.0. The van der Waals surface area contributed by atoms with Gasteiger partial charge in [-0.3, -0.25) is 0 Å². The molecule has 0 spiro atoms. The molecule has 5 nitrogen and oxygen atoms in total. The van der Waals surface area contributed by atoms with Crippen molar-refractivity contribution in [1.29, 1.82) is 0 Å². The molecular weight excluding hydrogens is 176 g/mol. The molecule has 0 amide bonds. The molecule has 0 aromatic carbocycles. The van der Waals surface area contributed by atoms with Gasteiger partial charge in [0, 0.05) is 20.3 Å². The van der Waals surface area contributed by atoms with Crippen LogP contribution in [-0.4, -0.2) is 36.3 Å². The Labute approximate surface area is 74.3 Å². The number of hydrogen-bond donors (Lipinski definition) is 2. The second kappa shape index (κ2) is 6.52. The Balaban J connectivity index is 3.95. The lowest BCUT2D eigenvalue weighted by Crippen LogP contribution is -2.45. The second-order valence-corrected chi connectivity index (χ2v) is 5.27. The lowest BCUT2D eigenvalue weighted by atomic mass is 10.5. The van der Waals surface area contributed by atoms with Gasteiger partial charge in [-0.15, -0.1) is 0 Å². The van der Waals surface area contributed by atoms with Gasteiger partial charge < -0.3 is 24.7 Å². The maximum absolute atomic E-state index is 5.37. The molecule has 0 aliphatic rings. The molecule has 0 saturated carbocycles. The highest BCUT2D eigenvalue weighted by molar-refractivity contribution is 6.60. The summed E-state index contributed by atoms with van der Waals surface area (Å²) >= 11 is 0. The van der Waals surface area contributed by atoms with Crippen LogP contribution in [0.1, 0.15) is 6.42 Å². The molecule has 0 saturated heterocycles. The Bertz CT molecular complexity index is 111. The lowest BCUT2D eigenvalue weighted by Gasteiger charge is -2.25. The predicted octanol–water partition coefficient (Wildman–Crippen LogP) is -0.500. The van der Waals surface area contributed by atoms with Crippen LogP contribution in [-0.2, 0) is 13.3 Å². The maximum Gasteiger partial charge on any atom is 0.501 e. The van der Waals surface area contributed by atoms with Gasteiger partial charge in [-0.25, -0.2) is 0 Å². The molecule has 0 radical (unpaired) electrons. The Morgan fingerprint density at radius 2 is 1.75 bits per heavy atom. The van der Waals surface area contributed by atoms with E-state index in [1.807, 2.05) is 0 Å². The predicted molar refractivity (Wildman–Crippen MR) is 48.4 cm³/mol. The van der Waals surface area contributed by atoms with Crippen LogP contribution in [0.3, 0.4) is 0 Å². The smallest absolute Gasteiger partial charge is 0.377 e. The fourth-order valence-corrected chi connectivity index (χ4v) is 2.77. The van der Waals surface area contributed by atoms with Crippen molar-refractivity contribution < 1.29 is 13.3 Å². The van der Waals surface area contributed by atoms with Gasteiger partial charge in [0.15, 0.2) is 0 Å². The lowest BCUT2D eigenvalue weighted by molar-refractivity contribution is 0.101. The van der Waals surface area contributed by atoms with E-state index in [2.05, 4.69) is 0 Å². The molecule has 0 bridgehead atoms. The SMILES string of the molecule is CO[Si](CCCN)(OC)OCN. The van der Waals surface area contributed by atoms with Crippen molar-refractivity contribution in [3.8, 4) is 0 Å². The molecule has 0 atom stereocenters. The molecule has 0 heterocycles. The summed E-state index contributed by atoms with van der Waals surface area (Å²) in [4.78, 5) is 0. The van der Waals surface area contributed by atoms with Crippen molar-refractivity contribution in [2.45, 2.75) is 12.5 Å². The Morgan fingerprint density at radius 3 is 2.08 bits per heavy atom. The minimum absolute atomic E-state index is 0.123. The van der Waals surface area contributed by atoms with E-state index in [9.17, 15) is 0 Å². The zero-order valence-corrected chi connectivity index (χ0v) is 8.71. The molecule has 4 N–H and O–H groups in total. The number of rotatable bonds is 7. The van der Waals surface area contributed by atoms with Crippen molar-refractivity contribution in [2.75, 3.05) is 27.5 Å². The van der Waals surface area contributed by atoms with Gasteiger partial charge >= 0.3 is 8.80 Å². The minimum Gasteiger partial charge on any atom is -0.377 e. The number of nitrogens with two attached hydrogens (primary N) is 2. The summed E-state index contributed by atoms with van der Waals surface area (Å²) in [7, 11) is 0.673. The van der Waals surface area contributed by atoms with E-state index < -0.39 is 8.80 Å². The van der Waals surface area contributed by atoms with E-state index in [0.717, 1.165) is 6.42 Å². The molecule has 6 heteroatoms. The third kappa shape index (κ3) is 3.61. The summed E-state index contributed by atoms with van der Waals surface area (Å²) in [6, 6.07) is 0.716. The first-order valence-electron chi connectivity index (χ1n) is 3.89. The minimum atomic E-state index is -2.47. The van der Waals surface area contributed by atoms with Gasteiger partial charge in [0.2, 0.25) is 0 Å². The van der Waals surface area contributed by atoms with Crippen LogP contribution in [0.2, 0.25) is 6.04 Å². The standard InChI is InChI=1S/C6H18N2O3Si/c1-9-12(10-2,11-6-8)5-3-4-7/h3-8H2,1-2H3. The average molecular weight is 194 g/mol. The van der Waals surface area contributed by atoms with Gasteiger partial charge in [-0.05, 0) is 13.0 Å². The van der Waals surface area contributed by atoms with Gasteiger partial charge in [0.1, 0.15) is 0 Å². The third-order valence-electron chi connectivity index (χ3n) is 1.61. The molecule has 0 aromatic heterocycles. The first-order chi connectivity index (χ1) is 5.74. The highest BCUT2D eigenvalue weighted by atomic mass is 28.4. The van der Waals surface area contributed by atoms with E-state index >= 15 is 0 Å². The van der Waals surface area contributed by atoms with Crippen LogP contribution in [0.15, 0.2) is 0 Å². The van der Waals surface area contributed by atoms with Crippen molar-refractivity contribution in [2.24, 2.45) is 11.5 Å². The van der Waals surface area contributed by atoms with E-state index in [1.165, 1.54) is 0 Å². The highest BCUT2D eigenvalue weighted by Gasteiger charge is 2.37. The van der Waals surface area contributed by atoms with Gasteiger partial charge in [0.25, 0.3) is 0 Å². The Hall–Kier alpha value is 0.0169. The monoisotopic (exact) mass is 194 g/mol. The van der Waals surface area contributed by atoms with Crippen molar-refractivity contribution in [3.05, 3.63) is 0 Å². The summed E-state index contributed by atoms with van der Waals surface area (Å²) in [6.07, 6.45) is 0.827. The van der Waals surface area contributed by atoms with Crippen LogP contribution < -0.4 is 11.5 Å². The third-order valence-corrected chi connectivity index (χ3v) is 4.43. The molecular formula is C6H18N2O3Si. The van der Waals surface area contributed by atoms with Crippen LogP contribution in [0, 0.1) is 0 Å². The zero-order chi connectivity index (χ0) is 9.45. The molecule has 0 aromatic rings. The summed E-state index contributed by atoms with van der Waals surface area (Å²) in [5, 5.41) is 0.